The molecule has 0 fully saturated rings. The van der Waals surface area contributed by atoms with Crippen molar-refractivity contribution in [3.05, 3.63) is 52.0 Å². The van der Waals surface area contributed by atoms with E-state index in [1.807, 2.05) is 0 Å². The number of hydrogen-bond acceptors (Lipinski definition) is 4. The quantitative estimate of drug-likeness (QED) is 0.914. The molecule has 2 aromatic rings. The van der Waals surface area contributed by atoms with E-state index in [2.05, 4.69) is 0 Å². The highest BCUT2D eigenvalue weighted by atomic mass is 32.2. The lowest BCUT2D eigenvalue weighted by molar-refractivity contribution is 0.0696. The third kappa shape index (κ3) is 3.29. The predicted molar refractivity (Wildman–Crippen MR) is 76.3 cm³/mol. The summed E-state index contributed by atoms with van der Waals surface area (Å²) in [7, 11) is -2.78. The molecule has 8 heteroatoms. The first kappa shape index (κ1) is 15.6. The van der Waals surface area contributed by atoms with Crippen LogP contribution in [0.2, 0.25) is 0 Å². The lowest BCUT2D eigenvalue weighted by Crippen LogP contribution is -2.27. The molecule has 0 atom stereocenters. The minimum atomic E-state index is -4.10. The van der Waals surface area contributed by atoms with Crippen molar-refractivity contribution in [3.63, 3.8) is 0 Å². The molecule has 0 amide bonds. The molecule has 0 spiro atoms. The highest BCUT2D eigenvalue weighted by Gasteiger charge is 2.26. The van der Waals surface area contributed by atoms with Crippen LogP contribution in [0.4, 0.5) is 4.39 Å². The Balaban J connectivity index is 2.38. The maximum Gasteiger partial charge on any atom is 0.335 e. The first-order valence-electron chi connectivity index (χ1n) is 5.82. The van der Waals surface area contributed by atoms with E-state index in [0.717, 1.165) is 28.1 Å². The molecule has 21 heavy (non-hydrogen) atoms. The summed E-state index contributed by atoms with van der Waals surface area (Å²) in [6.07, 6.45) is 0. The predicted octanol–water partition coefficient (Wildman–Crippen LogP) is 2.41. The van der Waals surface area contributed by atoms with Crippen molar-refractivity contribution in [2.24, 2.45) is 0 Å². The lowest BCUT2D eigenvalue weighted by atomic mass is 10.2. The fourth-order valence-electron chi connectivity index (χ4n) is 1.73. The highest BCUT2D eigenvalue weighted by molar-refractivity contribution is 7.89. The normalized spacial score (nSPS) is 11.8. The maximum absolute atomic E-state index is 13.8. The van der Waals surface area contributed by atoms with Crippen LogP contribution in [0, 0.1) is 5.82 Å². The third-order valence-corrected chi connectivity index (χ3v) is 5.40. The molecule has 0 aliphatic heterocycles. The average molecular weight is 329 g/mol. The summed E-state index contributed by atoms with van der Waals surface area (Å²) in [6.45, 7) is 0.0859. The Labute approximate surface area is 125 Å². The van der Waals surface area contributed by atoms with Gasteiger partial charge in [0.1, 0.15) is 10.7 Å². The Kier molecular flexibility index (Phi) is 4.40. The Bertz CT molecular complexity index is 756. The van der Waals surface area contributed by atoms with Crippen LogP contribution in [0.5, 0.6) is 0 Å². The second-order valence-electron chi connectivity index (χ2n) is 4.34. The van der Waals surface area contributed by atoms with E-state index in [1.165, 1.54) is 18.4 Å². The van der Waals surface area contributed by atoms with Crippen molar-refractivity contribution in [1.29, 1.82) is 0 Å². The summed E-state index contributed by atoms with van der Waals surface area (Å²) in [5.41, 5.74) is 0.500. The molecule has 2 rings (SSSR count). The van der Waals surface area contributed by atoms with Crippen molar-refractivity contribution in [2.75, 3.05) is 7.05 Å². The first-order valence-corrected chi connectivity index (χ1v) is 8.21. The van der Waals surface area contributed by atoms with Gasteiger partial charge in [-0.3, -0.25) is 0 Å². The number of thiophene rings is 1. The fourth-order valence-corrected chi connectivity index (χ4v) is 3.63. The van der Waals surface area contributed by atoms with E-state index in [4.69, 9.17) is 5.11 Å². The van der Waals surface area contributed by atoms with Gasteiger partial charge in [-0.05, 0) is 40.6 Å². The number of carboxylic acids is 1. The Morgan fingerprint density at radius 3 is 2.67 bits per heavy atom. The largest absolute Gasteiger partial charge is 0.478 e. The maximum atomic E-state index is 13.8. The van der Waals surface area contributed by atoms with E-state index < -0.39 is 26.7 Å². The summed E-state index contributed by atoms with van der Waals surface area (Å²) in [6, 6.07) is 4.46. The number of aromatic carboxylic acids is 1. The summed E-state index contributed by atoms with van der Waals surface area (Å²) in [5, 5.41) is 12.5. The van der Waals surface area contributed by atoms with Crippen LogP contribution in [-0.2, 0) is 16.6 Å². The van der Waals surface area contributed by atoms with Crippen LogP contribution in [0.15, 0.2) is 39.9 Å². The standard InChI is InChI=1S/C13H12FNO4S2/c1-15(7-9-4-5-20-8-9)21(18,19)12-6-10(13(16)17)2-3-11(12)14/h2-6,8H,7H2,1H3,(H,16,17). The topological polar surface area (TPSA) is 74.7 Å². The Morgan fingerprint density at radius 1 is 1.38 bits per heavy atom. The van der Waals surface area contributed by atoms with Gasteiger partial charge in [0.25, 0.3) is 0 Å². The van der Waals surface area contributed by atoms with Crippen LogP contribution in [0.25, 0.3) is 0 Å². The summed E-state index contributed by atoms with van der Waals surface area (Å²) >= 11 is 1.42. The zero-order chi connectivity index (χ0) is 15.6. The molecule has 0 saturated carbocycles. The molecular weight excluding hydrogens is 317 g/mol. The second kappa shape index (κ2) is 5.92. The summed E-state index contributed by atoms with van der Waals surface area (Å²) in [4.78, 5) is 10.2. The zero-order valence-corrected chi connectivity index (χ0v) is 12.6. The molecule has 0 aliphatic rings. The molecule has 0 saturated heterocycles. The molecule has 1 N–H and O–H groups in total. The van der Waals surface area contributed by atoms with E-state index in [1.54, 1.807) is 16.8 Å². The molecule has 0 unspecified atom stereocenters. The number of halogens is 1. The monoisotopic (exact) mass is 329 g/mol. The van der Waals surface area contributed by atoms with E-state index >= 15 is 0 Å². The van der Waals surface area contributed by atoms with Crippen LogP contribution >= 0.6 is 11.3 Å². The van der Waals surface area contributed by atoms with Gasteiger partial charge < -0.3 is 5.11 Å². The Hall–Kier alpha value is -1.77. The van der Waals surface area contributed by atoms with E-state index in [0.29, 0.717) is 0 Å². The molecule has 1 heterocycles. The van der Waals surface area contributed by atoms with Gasteiger partial charge in [0, 0.05) is 13.6 Å². The number of rotatable bonds is 5. The molecule has 0 bridgehead atoms. The Morgan fingerprint density at radius 2 is 2.10 bits per heavy atom. The summed E-state index contributed by atoms with van der Waals surface area (Å²) in [5.74, 6) is -2.29. The number of sulfonamides is 1. The van der Waals surface area contributed by atoms with Crippen molar-refractivity contribution in [2.45, 2.75) is 11.4 Å². The van der Waals surface area contributed by atoms with Crippen LogP contribution in [0.3, 0.4) is 0 Å². The molecule has 1 aromatic heterocycles. The minimum Gasteiger partial charge on any atom is -0.478 e. The SMILES string of the molecule is CN(Cc1ccsc1)S(=O)(=O)c1cc(C(=O)O)ccc1F. The van der Waals surface area contributed by atoms with Gasteiger partial charge in [-0.2, -0.15) is 15.6 Å². The number of hydrogen-bond donors (Lipinski definition) is 1. The highest BCUT2D eigenvalue weighted by Crippen LogP contribution is 2.22. The smallest absolute Gasteiger partial charge is 0.335 e. The van der Waals surface area contributed by atoms with Crippen LogP contribution < -0.4 is 0 Å². The average Bonchev–Trinajstić information content (AvgIpc) is 2.91. The summed E-state index contributed by atoms with van der Waals surface area (Å²) < 4.78 is 39.5. The first-order chi connectivity index (χ1) is 9.82. The zero-order valence-electron chi connectivity index (χ0n) is 11.0. The van der Waals surface area contributed by atoms with E-state index in [9.17, 15) is 17.6 Å². The van der Waals surface area contributed by atoms with Gasteiger partial charge in [-0.1, -0.05) is 0 Å². The minimum absolute atomic E-state index is 0.0859. The number of carbonyl (C=O) groups is 1. The van der Waals surface area contributed by atoms with Gasteiger partial charge in [0.15, 0.2) is 0 Å². The molecule has 0 radical (unpaired) electrons. The van der Waals surface area contributed by atoms with Crippen LogP contribution in [0.1, 0.15) is 15.9 Å². The van der Waals surface area contributed by atoms with E-state index in [-0.39, 0.29) is 12.1 Å². The fraction of sp³-hybridized carbons (Fsp3) is 0.154. The molecular formula is C13H12FNO4S2. The van der Waals surface area contributed by atoms with Crippen molar-refractivity contribution in [1.82, 2.24) is 4.31 Å². The number of carboxylic acid groups (broad SMARTS) is 1. The number of benzene rings is 1. The molecule has 1 aromatic carbocycles. The van der Waals surface area contributed by atoms with Gasteiger partial charge in [-0.15, -0.1) is 0 Å². The van der Waals surface area contributed by atoms with Gasteiger partial charge in [0.2, 0.25) is 10.0 Å². The van der Waals surface area contributed by atoms with Gasteiger partial charge in [0.05, 0.1) is 5.56 Å². The van der Waals surface area contributed by atoms with Crippen LogP contribution in [-0.4, -0.2) is 30.8 Å². The molecule has 5 nitrogen and oxygen atoms in total. The van der Waals surface area contributed by atoms with Crippen molar-refractivity contribution < 1.29 is 22.7 Å². The molecule has 0 aliphatic carbocycles. The lowest BCUT2D eigenvalue weighted by Gasteiger charge is -2.17. The van der Waals surface area contributed by atoms with Gasteiger partial charge in [-0.25, -0.2) is 17.6 Å². The number of nitrogens with zero attached hydrogens (tertiary/aromatic N) is 1. The van der Waals surface area contributed by atoms with Crippen molar-refractivity contribution in [3.8, 4) is 0 Å². The second-order valence-corrected chi connectivity index (χ2v) is 7.14. The molecule has 112 valence electrons. The van der Waals surface area contributed by atoms with Crippen molar-refractivity contribution >= 4 is 27.3 Å². The van der Waals surface area contributed by atoms with Gasteiger partial charge >= 0.3 is 5.97 Å². The third-order valence-electron chi connectivity index (χ3n) is 2.85.